The fourth-order valence-corrected chi connectivity index (χ4v) is 2.94. The molecule has 0 aromatic heterocycles. The summed E-state index contributed by atoms with van der Waals surface area (Å²) in [7, 11) is 0. The van der Waals surface area contributed by atoms with Crippen molar-refractivity contribution in [3.8, 4) is 0 Å². The van der Waals surface area contributed by atoms with Crippen molar-refractivity contribution in [2.45, 2.75) is 18.8 Å². The Kier molecular flexibility index (Phi) is 2.85. The van der Waals surface area contributed by atoms with E-state index in [0.717, 1.165) is 12.8 Å². The molecule has 1 aliphatic rings. The Bertz CT molecular complexity index is 561. The Morgan fingerprint density at radius 1 is 0.941 bits per heavy atom. The summed E-state index contributed by atoms with van der Waals surface area (Å²) in [4.78, 5) is 0. The van der Waals surface area contributed by atoms with Crippen LogP contribution in [0.5, 0.6) is 0 Å². The zero-order chi connectivity index (χ0) is 11.8. The van der Waals surface area contributed by atoms with Crippen LogP contribution in [0, 0.1) is 0 Å². The molecule has 0 nitrogen and oxygen atoms in total. The molecule has 0 aliphatic heterocycles. The predicted octanol–water partition coefficient (Wildman–Crippen LogP) is 5.07. The third-order valence-electron chi connectivity index (χ3n) is 3.48. The van der Waals surface area contributed by atoms with Crippen LogP contribution in [0.4, 0.5) is 0 Å². The smallest absolute Gasteiger partial charge is 0.0595 e. The van der Waals surface area contributed by atoms with Crippen molar-refractivity contribution in [3.63, 3.8) is 0 Å². The van der Waals surface area contributed by atoms with Gasteiger partial charge in [-0.3, -0.25) is 0 Å². The standard InChI is InChI=1S/C15H12Cl2/c16-14-8-6-11(9-15(14)17)13-7-5-10-3-1-2-4-12(10)13/h1-4,6,8-9,13H,5,7H2. The number of hydrogen-bond donors (Lipinski definition) is 0. The Balaban J connectivity index is 2.04. The van der Waals surface area contributed by atoms with Gasteiger partial charge in [0, 0.05) is 5.92 Å². The molecule has 17 heavy (non-hydrogen) atoms. The van der Waals surface area contributed by atoms with Gasteiger partial charge in [0.1, 0.15) is 0 Å². The molecule has 0 spiro atoms. The first kappa shape index (κ1) is 11.1. The summed E-state index contributed by atoms with van der Waals surface area (Å²) in [6, 6.07) is 14.6. The van der Waals surface area contributed by atoms with Gasteiger partial charge in [-0.2, -0.15) is 0 Å². The van der Waals surface area contributed by atoms with Gasteiger partial charge < -0.3 is 0 Å². The molecule has 0 saturated heterocycles. The zero-order valence-corrected chi connectivity index (χ0v) is 10.8. The predicted molar refractivity (Wildman–Crippen MR) is 73.1 cm³/mol. The van der Waals surface area contributed by atoms with Crippen molar-refractivity contribution in [2.75, 3.05) is 0 Å². The molecule has 1 atom stereocenters. The Hall–Kier alpha value is -0.980. The summed E-state index contributed by atoms with van der Waals surface area (Å²) in [5.41, 5.74) is 4.17. The van der Waals surface area contributed by atoms with E-state index in [1.54, 1.807) is 0 Å². The number of benzene rings is 2. The highest BCUT2D eigenvalue weighted by Crippen LogP contribution is 2.39. The largest absolute Gasteiger partial charge is 0.0827 e. The van der Waals surface area contributed by atoms with Crippen LogP contribution in [0.3, 0.4) is 0 Å². The second-order valence-corrected chi connectivity index (χ2v) is 5.28. The van der Waals surface area contributed by atoms with Gasteiger partial charge >= 0.3 is 0 Å². The van der Waals surface area contributed by atoms with Crippen LogP contribution >= 0.6 is 23.2 Å². The quantitative estimate of drug-likeness (QED) is 0.673. The van der Waals surface area contributed by atoms with Crippen molar-refractivity contribution in [2.24, 2.45) is 0 Å². The van der Waals surface area contributed by atoms with E-state index in [-0.39, 0.29) is 0 Å². The maximum absolute atomic E-state index is 6.09. The molecular formula is C15H12Cl2. The third kappa shape index (κ3) is 1.96. The third-order valence-corrected chi connectivity index (χ3v) is 4.22. The molecular weight excluding hydrogens is 251 g/mol. The van der Waals surface area contributed by atoms with Crippen molar-refractivity contribution in [1.29, 1.82) is 0 Å². The monoisotopic (exact) mass is 262 g/mol. The average Bonchev–Trinajstić information content (AvgIpc) is 2.76. The van der Waals surface area contributed by atoms with Crippen LogP contribution in [-0.2, 0) is 6.42 Å². The van der Waals surface area contributed by atoms with Crippen LogP contribution in [-0.4, -0.2) is 0 Å². The fourth-order valence-electron chi connectivity index (χ4n) is 2.63. The normalized spacial score (nSPS) is 18.1. The summed E-state index contributed by atoms with van der Waals surface area (Å²) in [6.45, 7) is 0. The van der Waals surface area contributed by atoms with Crippen molar-refractivity contribution >= 4 is 23.2 Å². The lowest BCUT2D eigenvalue weighted by Crippen LogP contribution is -1.95. The maximum Gasteiger partial charge on any atom is 0.0595 e. The van der Waals surface area contributed by atoms with Gasteiger partial charge in [0.2, 0.25) is 0 Å². The molecule has 2 aromatic carbocycles. The SMILES string of the molecule is Clc1ccc(C2CCc3ccccc32)cc1Cl. The lowest BCUT2D eigenvalue weighted by molar-refractivity contribution is 0.788. The molecule has 0 amide bonds. The van der Waals surface area contributed by atoms with E-state index < -0.39 is 0 Å². The summed E-state index contributed by atoms with van der Waals surface area (Å²) in [5, 5.41) is 1.27. The number of rotatable bonds is 1. The fraction of sp³-hybridized carbons (Fsp3) is 0.200. The highest BCUT2D eigenvalue weighted by molar-refractivity contribution is 6.42. The van der Waals surface area contributed by atoms with Crippen molar-refractivity contribution in [1.82, 2.24) is 0 Å². The molecule has 2 aromatic rings. The number of fused-ring (bicyclic) bond motifs is 1. The minimum atomic E-state index is 0.473. The van der Waals surface area contributed by atoms with E-state index in [0.29, 0.717) is 16.0 Å². The summed E-state index contributed by atoms with van der Waals surface area (Å²) >= 11 is 12.0. The highest BCUT2D eigenvalue weighted by Gasteiger charge is 2.23. The molecule has 0 radical (unpaired) electrons. The van der Waals surface area contributed by atoms with Crippen molar-refractivity contribution in [3.05, 3.63) is 69.2 Å². The van der Waals surface area contributed by atoms with Crippen LogP contribution in [0.25, 0.3) is 0 Å². The molecule has 0 fully saturated rings. The van der Waals surface area contributed by atoms with Crippen LogP contribution < -0.4 is 0 Å². The Morgan fingerprint density at radius 3 is 2.59 bits per heavy atom. The lowest BCUT2D eigenvalue weighted by Gasteiger charge is -2.12. The average molecular weight is 263 g/mol. The van der Waals surface area contributed by atoms with Crippen LogP contribution in [0.1, 0.15) is 29.0 Å². The zero-order valence-electron chi connectivity index (χ0n) is 9.29. The maximum atomic E-state index is 6.09. The minimum absolute atomic E-state index is 0.473. The first-order valence-corrected chi connectivity index (χ1v) is 6.54. The topological polar surface area (TPSA) is 0 Å². The van der Waals surface area contributed by atoms with E-state index >= 15 is 0 Å². The highest BCUT2D eigenvalue weighted by atomic mass is 35.5. The van der Waals surface area contributed by atoms with Gasteiger partial charge in [-0.1, -0.05) is 53.5 Å². The van der Waals surface area contributed by atoms with E-state index in [1.807, 2.05) is 12.1 Å². The van der Waals surface area contributed by atoms with Gasteiger partial charge in [0.15, 0.2) is 0 Å². The van der Waals surface area contributed by atoms with E-state index in [2.05, 4.69) is 30.3 Å². The van der Waals surface area contributed by atoms with Crippen LogP contribution in [0.15, 0.2) is 42.5 Å². The molecule has 1 unspecified atom stereocenters. The van der Waals surface area contributed by atoms with E-state index in [1.165, 1.54) is 16.7 Å². The van der Waals surface area contributed by atoms with Gasteiger partial charge in [-0.05, 0) is 41.7 Å². The summed E-state index contributed by atoms with van der Waals surface area (Å²) in [5.74, 6) is 0.473. The Morgan fingerprint density at radius 2 is 1.76 bits per heavy atom. The first-order valence-electron chi connectivity index (χ1n) is 5.78. The molecule has 0 saturated carbocycles. The van der Waals surface area contributed by atoms with Crippen LogP contribution in [0.2, 0.25) is 10.0 Å². The molecule has 0 heterocycles. The number of halogens is 2. The molecule has 3 rings (SSSR count). The molecule has 0 bridgehead atoms. The second-order valence-electron chi connectivity index (χ2n) is 4.46. The van der Waals surface area contributed by atoms with E-state index in [9.17, 15) is 0 Å². The van der Waals surface area contributed by atoms with Gasteiger partial charge in [0.05, 0.1) is 10.0 Å². The molecule has 0 N–H and O–H groups in total. The second kappa shape index (κ2) is 4.36. The summed E-state index contributed by atoms with van der Waals surface area (Å²) < 4.78 is 0. The molecule has 2 heteroatoms. The number of hydrogen-bond acceptors (Lipinski definition) is 0. The van der Waals surface area contributed by atoms with Crippen molar-refractivity contribution < 1.29 is 0 Å². The van der Waals surface area contributed by atoms with Gasteiger partial charge in [-0.15, -0.1) is 0 Å². The summed E-state index contributed by atoms with van der Waals surface area (Å²) in [6.07, 6.45) is 2.32. The Labute approximate surface area is 111 Å². The van der Waals surface area contributed by atoms with E-state index in [4.69, 9.17) is 23.2 Å². The minimum Gasteiger partial charge on any atom is -0.0827 e. The van der Waals surface area contributed by atoms with Gasteiger partial charge in [-0.25, -0.2) is 0 Å². The number of aryl methyl sites for hydroxylation is 1. The lowest BCUT2D eigenvalue weighted by atomic mass is 9.93. The first-order chi connectivity index (χ1) is 8.25. The molecule has 1 aliphatic carbocycles. The molecule has 86 valence electrons. The van der Waals surface area contributed by atoms with Gasteiger partial charge in [0.25, 0.3) is 0 Å².